The maximum absolute atomic E-state index is 12.9. The molecule has 22 heavy (non-hydrogen) atoms. The quantitative estimate of drug-likeness (QED) is 0.763. The molecule has 0 radical (unpaired) electrons. The number of hydrogen-bond acceptors (Lipinski definition) is 3. The van der Waals surface area contributed by atoms with E-state index in [1.54, 1.807) is 12.1 Å². The van der Waals surface area contributed by atoms with Gasteiger partial charge in [-0.1, -0.05) is 36.4 Å². The number of amides is 1. The van der Waals surface area contributed by atoms with Crippen LogP contribution in [0.2, 0.25) is 0 Å². The number of aryl methyl sites for hydroxylation is 1. The van der Waals surface area contributed by atoms with Gasteiger partial charge < -0.3 is 10.4 Å². The minimum Gasteiger partial charge on any atom is -0.506 e. The Morgan fingerprint density at radius 3 is 2.68 bits per heavy atom. The van der Waals surface area contributed by atoms with Crippen LogP contribution in [-0.4, -0.2) is 17.6 Å². The maximum Gasteiger partial charge on any atom is 0.249 e. The summed E-state index contributed by atoms with van der Waals surface area (Å²) in [5, 5.41) is 16.2. The van der Waals surface area contributed by atoms with Crippen LogP contribution < -0.4 is 10.6 Å². The molecule has 0 spiro atoms. The molecule has 0 unspecified atom stereocenters. The van der Waals surface area contributed by atoms with E-state index >= 15 is 0 Å². The zero-order valence-corrected chi connectivity index (χ0v) is 12.6. The van der Waals surface area contributed by atoms with Crippen molar-refractivity contribution in [1.82, 2.24) is 5.32 Å². The number of benzene rings is 2. The van der Waals surface area contributed by atoms with Crippen LogP contribution in [0.3, 0.4) is 0 Å². The van der Waals surface area contributed by atoms with Crippen LogP contribution in [0.1, 0.15) is 24.0 Å². The molecule has 0 bridgehead atoms. The normalized spacial score (nSPS) is 20.8. The van der Waals surface area contributed by atoms with Gasteiger partial charge >= 0.3 is 0 Å². The highest BCUT2D eigenvalue weighted by molar-refractivity contribution is 6.00. The predicted molar refractivity (Wildman–Crippen MR) is 86.8 cm³/mol. The lowest BCUT2D eigenvalue weighted by atomic mass is 9.87. The van der Waals surface area contributed by atoms with E-state index in [0.717, 1.165) is 30.5 Å². The van der Waals surface area contributed by atoms with Crippen LogP contribution in [0.5, 0.6) is 5.75 Å². The molecule has 1 saturated heterocycles. The molecule has 1 atom stereocenters. The maximum atomic E-state index is 12.9. The monoisotopic (exact) mass is 296 g/mol. The second-order valence-corrected chi connectivity index (χ2v) is 5.78. The van der Waals surface area contributed by atoms with Crippen molar-refractivity contribution in [3.63, 3.8) is 0 Å². The molecular weight excluding hydrogens is 276 g/mol. The van der Waals surface area contributed by atoms with E-state index in [1.807, 2.05) is 43.3 Å². The summed E-state index contributed by atoms with van der Waals surface area (Å²) in [7, 11) is 0. The highest BCUT2D eigenvalue weighted by atomic mass is 16.3. The molecule has 1 amide bonds. The number of nitrogens with one attached hydrogen (secondary N) is 2. The van der Waals surface area contributed by atoms with E-state index in [9.17, 15) is 9.90 Å². The van der Waals surface area contributed by atoms with E-state index in [0.29, 0.717) is 5.69 Å². The van der Waals surface area contributed by atoms with Gasteiger partial charge in [0.2, 0.25) is 5.91 Å². The standard InChI is InChI=1S/C18H20N2O2/c1-13-8-9-16(21)15(12-13)20-17(22)18(10-5-11-19-18)14-6-3-2-4-7-14/h2-4,6-9,12,19,21H,5,10-11H2,1H3,(H,20,22)/t18-/m1/s1. The van der Waals surface area contributed by atoms with Gasteiger partial charge in [0.15, 0.2) is 0 Å². The Morgan fingerprint density at radius 1 is 1.23 bits per heavy atom. The van der Waals surface area contributed by atoms with E-state index in [1.165, 1.54) is 0 Å². The zero-order valence-electron chi connectivity index (χ0n) is 12.6. The molecule has 0 aliphatic carbocycles. The predicted octanol–water partition coefficient (Wildman–Crippen LogP) is 2.92. The van der Waals surface area contributed by atoms with Gasteiger partial charge in [0.05, 0.1) is 5.69 Å². The Labute approximate surface area is 130 Å². The Hall–Kier alpha value is -2.33. The van der Waals surface area contributed by atoms with Crippen molar-refractivity contribution in [2.75, 3.05) is 11.9 Å². The summed E-state index contributed by atoms with van der Waals surface area (Å²) in [6.45, 7) is 2.73. The molecular formula is C18H20N2O2. The number of phenolic OH excluding ortho intramolecular Hbond substituents is 1. The van der Waals surface area contributed by atoms with Gasteiger partial charge in [-0.15, -0.1) is 0 Å². The van der Waals surface area contributed by atoms with Gasteiger partial charge in [-0.2, -0.15) is 0 Å². The van der Waals surface area contributed by atoms with Crippen molar-refractivity contribution in [2.45, 2.75) is 25.3 Å². The van der Waals surface area contributed by atoms with Crippen molar-refractivity contribution in [3.05, 3.63) is 59.7 Å². The fraction of sp³-hybridized carbons (Fsp3) is 0.278. The molecule has 114 valence electrons. The number of carbonyl (C=O) groups is 1. The first-order valence-corrected chi connectivity index (χ1v) is 7.53. The Morgan fingerprint density at radius 2 is 2.00 bits per heavy atom. The van der Waals surface area contributed by atoms with Crippen LogP contribution >= 0.6 is 0 Å². The van der Waals surface area contributed by atoms with Gasteiger partial charge in [-0.25, -0.2) is 0 Å². The summed E-state index contributed by atoms with van der Waals surface area (Å²) in [4.78, 5) is 12.9. The molecule has 0 aromatic heterocycles. The smallest absolute Gasteiger partial charge is 0.249 e. The molecule has 1 aliphatic heterocycles. The zero-order chi connectivity index (χ0) is 15.6. The number of phenols is 1. The molecule has 1 heterocycles. The van der Waals surface area contributed by atoms with E-state index in [-0.39, 0.29) is 11.7 Å². The third-order valence-electron chi connectivity index (χ3n) is 4.21. The summed E-state index contributed by atoms with van der Waals surface area (Å²) < 4.78 is 0. The summed E-state index contributed by atoms with van der Waals surface area (Å²) in [5.74, 6) is -0.0442. The van der Waals surface area contributed by atoms with Crippen LogP contribution in [0, 0.1) is 6.92 Å². The van der Waals surface area contributed by atoms with E-state index < -0.39 is 5.54 Å². The second-order valence-electron chi connectivity index (χ2n) is 5.78. The minimum atomic E-state index is -0.725. The molecule has 2 aromatic rings. The van der Waals surface area contributed by atoms with Crippen LogP contribution in [-0.2, 0) is 10.3 Å². The average molecular weight is 296 g/mol. The topological polar surface area (TPSA) is 61.4 Å². The van der Waals surface area contributed by atoms with Gasteiger partial charge in [0, 0.05) is 0 Å². The highest BCUT2D eigenvalue weighted by Gasteiger charge is 2.42. The number of aromatic hydroxyl groups is 1. The van der Waals surface area contributed by atoms with Gasteiger partial charge in [0.25, 0.3) is 0 Å². The molecule has 0 saturated carbocycles. The third-order valence-corrected chi connectivity index (χ3v) is 4.21. The van der Waals surface area contributed by atoms with Gasteiger partial charge in [-0.05, 0) is 49.6 Å². The molecule has 4 heteroatoms. The molecule has 3 N–H and O–H groups in total. The first-order chi connectivity index (χ1) is 10.6. The number of anilines is 1. The van der Waals surface area contributed by atoms with Crippen LogP contribution in [0.4, 0.5) is 5.69 Å². The number of hydrogen-bond donors (Lipinski definition) is 3. The molecule has 3 rings (SSSR count). The van der Waals surface area contributed by atoms with Crippen molar-refractivity contribution >= 4 is 11.6 Å². The fourth-order valence-electron chi connectivity index (χ4n) is 3.02. The Balaban J connectivity index is 1.93. The van der Waals surface area contributed by atoms with Crippen molar-refractivity contribution in [1.29, 1.82) is 0 Å². The first kappa shape index (κ1) is 14.6. The lowest BCUT2D eigenvalue weighted by molar-refractivity contribution is -0.122. The first-order valence-electron chi connectivity index (χ1n) is 7.53. The molecule has 2 aromatic carbocycles. The summed E-state index contributed by atoms with van der Waals surface area (Å²) in [6.07, 6.45) is 1.69. The molecule has 4 nitrogen and oxygen atoms in total. The van der Waals surface area contributed by atoms with Crippen molar-refractivity contribution in [3.8, 4) is 5.75 Å². The Bertz CT molecular complexity index is 677. The molecule has 1 aliphatic rings. The summed E-state index contributed by atoms with van der Waals surface area (Å²) >= 11 is 0. The van der Waals surface area contributed by atoms with E-state index in [4.69, 9.17) is 0 Å². The second kappa shape index (κ2) is 5.81. The van der Waals surface area contributed by atoms with Gasteiger partial charge in [-0.3, -0.25) is 10.1 Å². The average Bonchev–Trinajstić information content (AvgIpc) is 3.03. The highest BCUT2D eigenvalue weighted by Crippen LogP contribution is 2.33. The van der Waals surface area contributed by atoms with Crippen molar-refractivity contribution < 1.29 is 9.90 Å². The third kappa shape index (κ3) is 2.57. The van der Waals surface area contributed by atoms with Crippen LogP contribution in [0.15, 0.2) is 48.5 Å². The fourth-order valence-corrected chi connectivity index (χ4v) is 3.02. The minimum absolute atomic E-state index is 0.0835. The van der Waals surface area contributed by atoms with Crippen LogP contribution in [0.25, 0.3) is 0 Å². The summed E-state index contributed by atoms with van der Waals surface area (Å²) in [6, 6.07) is 14.9. The lowest BCUT2D eigenvalue weighted by Crippen LogP contribution is -2.47. The SMILES string of the molecule is Cc1ccc(O)c(NC(=O)[C@]2(c3ccccc3)CCCN2)c1. The van der Waals surface area contributed by atoms with Gasteiger partial charge in [0.1, 0.15) is 11.3 Å². The summed E-state index contributed by atoms with van der Waals surface area (Å²) in [5.41, 5.74) is 1.67. The van der Waals surface area contributed by atoms with E-state index in [2.05, 4.69) is 10.6 Å². The number of rotatable bonds is 3. The molecule has 1 fully saturated rings. The number of carbonyl (C=O) groups excluding carboxylic acids is 1. The lowest BCUT2D eigenvalue weighted by Gasteiger charge is -2.29. The largest absolute Gasteiger partial charge is 0.506 e. The van der Waals surface area contributed by atoms with Crippen molar-refractivity contribution in [2.24, 2.45) is 0 Å². The Kier molecular flexibility index (Phi) is 3.86.